The highest BCUT2D eigenvalue weighted by Crippen LogP contribution is 2.23. The van der Waals surface area contributed by atoms with Gasteiger partial charge in [0.25, 0.3) is 0 Å². The van der Waals surface area contributed by atoms with Crippen molar-refractivity contribution in [2.24, 2.45) is 0 Å². The van der Waals surface area contributed by atoms with E-state index in [2.05, 4.69) is 36.2 Å². The molecule has 6 rings (SSSR count). The molecule has 4 aromatic heterocycles. The Bertz CT molecular complexity index is 1850. The van der Waals surface area contributed by atoms with Crippen molar-refractivity contribution in [3.63, 3.8) is 0 Å². The molecule has 0 radical (unpaired) electrons. The number of aromatic nitrogens is 6. The molecule has 1 aliphatic heterocycles. The Hall–Kier alpha value is -5.35. The van der Waals surface area contributed by atoms with Gasteiger partial charge in [-0.25, -0.2) is 24.1 Å². The number of ether oxygens (including phenoxy) is 1. The van der Waals surface area contributed by atoms with Crippen LogP contribution in [0.4, 0.5) is 10.2 Å². The summed E-state index contributed by atoms with van der Waals surface area (Å²) in [6.45, 7) is 6.43. The van der Waals surface area contributed by atoms with Gasteiger partial charge in [0.2, 0.25) is 5.88 Å². The average Bonchev–Trinajstić information content (AvgIpc) is 3.64. The molecule has 5 aromatic rings. The van der Waals surface area contributed by atoms with Crippen molar-refractivity contribution >= 4 is 17.4 Å². The highest BCUT2D eigenvalue weighted by molar-refractivity contribution is 5.85. The van der Waals surface area contributed by atoms with E-state index in [0.29, 0.717) is 30.1 Å². The van der Waals surface area contributed by atoms with E-state index >= 15 is 0 Å². The SMILES string of the molecule is CCn1cncc1Cc1c(CN2CCN(c3cccc(OCc4ccc(C#N)cc4F)n3)CC2)nc2cnc(C(=O)O)cn12. The Morgan fingerprint density at radius 3 is 2.73 bits per heavy atom. The van der Waals surface area contributed by atoms with E-state index in [0.717, 1.165) is 55.6 Å². The van der Waals surface area contributed by atoms with Crippen molar-refractivity contribution < 1.29 is 19.0 Å². The van der Waals surface area contributed by atoms with Crippen LogP contribution in [0.5, 0.6) is 5.88 Å². The zero-order valence-corrected chi connectivity index (χ0v) is 24.1. The lowest BCUT2D eigenvalue weighted by Gasteiger charge is -2.35. The molecule has 13 heteroatoms. The summed E-state index contributed by atoms with van der Waals surface area (Å²) in [6, 6.07) is 11.8. The number of carbonyl (C=O) groups is 1. The summed E-state index contributed by atoms with van der Waals surface area (Å²) in [5, 5.41) is 18.5. The quantitative estimate of drug-likeness (QED) is 0.255. The van der Waals surface area contributed by atoms with Gasteiger partial charge in [-0.05, 0) is 25.1 Å². The Morgan fingerprint density at radius 2 is 1.98 bits per heavy atom. The Morgan fingerprint density at radius 1 is 1.14 bits per heavy atom. The molecule has 224 valence electrons. The van der Waals surface area contributed by atoms with Crippen molar-refractivity contribution in [2.45, 2.75) is 33.0 Å². The number of aromatic carboxylic acids is 1. The summed E-state index contributed by atoms with van der Waals surface area (Å²) in [6.07, 6.45) is 7.21. The van der Waals surface area contributed by atoms with E-state index in [1.165, 1.54) is 18.5 Å². The maximum Gasteiger partial charge on any atom is 0.356 e. The van der Waals surface area contributed by atoms with Gasteiger partial charge in [0, 0.05) is 75.4 Å². The number of carboxylic acid groups (broad SMARTS) is 1. The van der Waals surface area contributed by atoms with Crippen LogP contribution in [0.1, 0.15) is 45.6 Å². The van der Waals surface area contributed by atoms with Crippen LogP contribution >= 0.6 is 0 Å². The number of nitriles is 1. The smallest absolute Gasteiger partial charge is 0.356 e. The van der Waals surface area contributed by atoms with E-state index in [-0.39, 0.29) is 17.9 Å². The first-order valence-corrected chi connectivity index (χ1v) is 14.3. The largest absolute Gasteiger partial charge is 0.476 e. The van der Waals surface area contributed by atoms with Crippen molar-refractivity contribution in [3.8, 4) is 11.9 Å². The van der Waals surface area contributed by atoms with Crippen LogP contribution in [0, 0.1) is 17.1 Å². The number of rotatable bonds is 10. The minimum atomic E-state index is -1.09. The maximum absolute atomic E-state index is 14.3. The van der Waals surface area contributed by atoms with Gasteiger partial charge in [-0.1, -0.05) is 12.1 Å². The van der Waals surface area contributed by atoms with E-state index in [9.17, 15) is 14.3 Å². The topological polar surface area (TPSA) is 138 Å². The van der Waals surface area contributed by atoms with Crippen molar-refractivity contribution in [3.05, 3.63) is 101 Å². The monoisotopic (exact) mass is 595 g/mol. The highest BCUT2D eigenvalue weighted by atomic mass is 19.1. The van der Waals surface area contributed by atoms with Gasteiger partial charge in [-0.3, -0.25) is 9.30 Å². The van der Waals surface area contributed by atoms with Crippen molar-refractivity contribution in [1.29, 1.82) is 5.26 Å². The highest BCUT2D eigenvalue weighted by Gasteiger charge is 2.23. The molecule has 1 saturated heterocycles. The standard InChI is InChI=1S/C31H30FN9O3/c1-2-39-20-34-15-23(39)13-27-25(36-29-16-35-26(31(42)43)18-41(27)29)17-38-8-10-40(11-9-38)28-4-3-5-30(37-28)44-19-22-7-6-21(14-33)12-24(22)32/h3-7,12,15-16,18,20H,2,8-11,13,17,19H2,1H3,(H,42,43). The van der Waals surface area contributed by atoms with Gasteiger partial charge in [-0.2, -0.15) is 10.2 Å². The summed E-state index contributed by atoms with van der Waals surface area (Å²) in [5.41, 5.74) is 3.97. The van der Waals surface area contributed by atoms with E-state index < -0.39 is 11.8 Å². The Balaban J connectivity index is 1.14. The first kappa shape index (κ1) is 28.8. The molecule has 0 spiro atoms. The van der Waals surface area contributed by atoms with Crippen LogP contribution in [-0.4, -0.2) is 71.1 Å². The van der Waals surface area contributed by atoms with Gasteiger partial charge in [0.1, 0.15) is 18.2 Å². The lowest BCUT2D eigenvalue weighted by atomic mass is 10.1. The summed E-state index contributed by atoms with van der Waals surface area (Å²) < 4.78 is 23.9. The third-order valence-corrected chi connectivity index (χ3v) is 7.73. The van der Waals surface area contributed by atoms with E-state index in [4.69, 9.17) is 15.0 Å². The Labute approximate surface area is 252 Å². The molecule has 44 heavy (non-hydrogen) atoms. The average molecular weight is 596 g/mol. The van der Waals surface area contributed by atoms with Crippen LogP contribution in [0.3, 0.4) is 0 Å². The number of anilines is 1. The number of halogens is 1. The molecule has 1 aromatic carbocycles. The first-order chi connectivity index (χ1) is 21.4. The zero-order valence-electron chi connectivity index (χ0n) is 24.1. The van der Waals surface area contributed by atoms with Crippen molar-refractivity contribution in [1.82, 2.24) is 33.8 Å². The van der Waals surface area contributed by atoms with Crippen LogP contribution in [0.25, 0.3) is 5.65 Å². The molecule has 0 amide bonds. The fourth-order valence-electron chi connectivity index (χ4n) is 5.32. The number of imidazole rings is 2. The van der Waals surface area contributed by atoms with Gasteiger partial charge in [0.15, 0.2) is 11.3 Å². The second-order valence-electron chi connectivity index (χ2n) is 10.5. The fraction of sp³-hybridized carbons (Fsp3) is 0.290. The number of fused-ring (bicyclic) bond motifs is 1. The summed E-state index contributed by atoms with van der Waals surface area (Å²) in [5.74, 6) is -0.411. The summed E-state index contributed by atoms with van der Waals surface area (Å²) in [4.78, 5) is 34.0. The number of carboxylic acids is 1. The predicted molar refractivity (Wildman–Crippen MR) is 158 cm³/mol. The second-order valence-corrected chi connectivity index (χ2v) is 10.5. The number of hydrogen-bond donors (Lipinski definition) is 1. The zero-order chi connectivity index (χ0) is 30.6. The van der Waals surface area contributed by atoms with E-state index in [1.54, 1.807) is 24.5 Å². The normalized spacial score (nSPS) is 13.7. The minimum absolute atomic E-state index is 0.00560. The molecule has 0 aliphatic carbocycles. The summed E-state index contributed by atoms with van der Waals surface area (Å²) >= 11 is 0. The number of benzene rings is 1. The van der Waals surface area contributed by atoms with Crippen LogP contribution < -0.4 is 9.64 Å². The minimum Gasteiger partial charge on any atom is -0.476 e. The van der Waals surface area contributed by atoms with Crippen LogP contribution in [-0.2, 0) is 26.1 Å². The molecule has 12 nitrogen and oxygen atoms in total. The second kappa shape index (κ2) is 12.5. The number of piperazine rings is 1. The number of pyridine rings is 1. The fourth-order valence-corrected chi connectivity index (χ4v) is 5.32. The van der Waals surface area contributed by atoms with Gasteiger partial charge < -0.3 is 19.3 Å². The number of aryl methyl sites for hydroxylation is 1. The molecule has 0 saturated carbocycles. The van der Waals surface area contributed by atoms with Crippen LogP contribution in [0.2, 0.25) is 0 Å². The molecule has 1 fully saturated rings. The third-order valence-electron chi connectivity index (χ3n) is 7.73. The van der Waals surface area contributed by atoms with Crippen LogP contribution in [0.15, 0.2) is 61.3 Å². The molecule has 1 N–H and O–H groups in total. The molecule has 0 bridgehead atoms. The molecular formula is C31H30FN9O3. The molecule has 1 aliphatic rings. The van der Waals surface area contributed by atoms with Gasteiger partial charge in [-0.15, -0.1) is 0 Å². The number of hydrogen-bond acceptors (Lipinski definition) is 9. The van der Waals surface area contributed by atoms with Gasteiger partial charge in [0.05, 0.1) is 35.5 Å². The van der Waals surface area contributed by atoms with Gasteiger partial charge >= 0.3 is 5.97 Å². The molecule has 0 unspecified atom stereocenters. The molecule has 0 atom stereocenters. The third kappa shape index (κ3) is 6.06. The number of nitrogens with zero attached hydrogens (tertiary/aromatic N) is 9. The van der Waals surface area contributed by atoms with E-state index in [1.807, 2.05) is 28.8 Å². The van der Waals surface area contributed by atoms with Crippen molar-refractivity contribution in [2.75, 3.05) is 31.1 Å². The lowest BCUT2D eigenvalue weighted by molar-refractivity contribution is 0.0690. The lowest BCUT2D eigenvalue weighted by Crippen LogP contribution is -2.46. The maximum atomic E-state index is 14.3. The Kier molecular flexibility index (Phi) is 8.16. The predicted octanol–water partition coefficient (Wildman–Crippen LogP) is 3.54. The first-order valence-electron chi connectivity index (χ1n) is 14.3. The molecular weight excluding hydrogens is 565 g/mol. The summed E-state index contributed by atoms with van der Waals surface area (Å²) in [7, 11) is 0. The molecule has 5 heterocycles.